The summed E-state index contributed by atoms with van der Waals surface area (Å²) in [6, 6.07) is 12.1. The number of anilines is 1. The largest absolute Gasteiger partial charge is 0.493 e. The molecule has 2 aromatic rings. The lowest BCUT2D eigenvalue weighted by atomic mass is 9.89. The van der Waals surface area contributed by atoms with Gasteiger partial charge in [-0.05, 0) is 99.5 Å². The van der Waals surface area contributed by atoms with Gasteiger partial charge in [0.1, 0.15) is 0 Å². The summed E-state index contributed by atoms with van der Waals surface area (Å²) in [4.78, 5) is 13.6. The summed E-state index contributed by atoms with van der Waals surface area (Å²) >= 11 is 0. The Morgan fingerprint density at radius 1 is 1.06 bits per heavy atom. The number of hydrogen-bond acceptors (Lipinski definition) is 5. The zero-order chi connectivity index (χ0) is 23.8. The van der Waals surface area contributed by atoms with Gasteiger partial charge < -0.3 is 24.8 Å². The molecule has 0 unspecified atom stereocenters. The quantitative estimate of drug-likeness (QED) is 0.526. The third kappa shape index (κ3) is 7.21. The molecule has 180 valence electrons. The van der Waals surface area contributed by atoms with Crippen LogP contribution in [0.5, 0.6) is 11.5 Å². The van der Waals surface area contributed by atoms with Crippen molar-refractivity contribution in [2.24, 2.45) is 0 Å². The minimum absolute atomic E-state index is 0.0536. The molecule has 2 N–H and O–H groups in total. The van der Waals surface area contributed by atoms with Gasteiger partial charge in [-0.1, -0.05) is 12.1 Å². The monoisotopic (exact) mass is 454 g/mol. The molecule has 0 bridgehead atoms. The number of rotatable bonds is 10. The molecule has 33 heavy (non-hydrogen) atoms. The van der Waals surface area contributed by atoms with E-state index in [-0.39, 0.29) is 5.91 Å². The van der Waals surface area contributed by atoms with E-state index in [1.54, 1.807) is 14.2 Å². The molecule has 6 heteroatoms. The Kier molecular flexibility index (Phi) is 8.75. The summed E-state index contributed by atoms with van der Waals surface area (Å²) in [6.45, 7) is 3.41. The molecule has 1 aliphatic carbocycles. The minimum atomic E-state index is -0.632. The maximum absolute atomic E-state index is 11.3. The van der Waals surface area contributed by atoms with Gasteiger partial charge in [-0.3, -0.25) is 4.79 Å². The molecule has 0 saturated carbocycles. The van der Waals surface area contributed by atoms with Crippen LogP contribution in [0, 0.1) is 0 Å². The maximum atomic E-state index is 11.3. The number of aryl methyl sites for hydroxylation is 2. The molecule has 0 atom stereocenters. The highest BCUT2D eigenvalue weighted by Crippen LogP contribution is 2.37. The molecule has 0 aliphatic heterocycles. The van der Waals surface area contributed by atoms with E-state index in [0.717, 1.165) is 75.2 Å². The number of carbonyl (C=O) groups excluding carboxylic acids is 1. The van der Waals surface area contributed by atoms with Crippen LogP contribution in [0.15, 0.2) is 36.4 Å². The third-order valence-corrected chi connectivity index (χ3v) is 6.64. The van der Waals surface area contributed by atoms with Crippen molar-refractivity contribution in [3.63, 3.8) is 0 Å². The number of carbonyl (C=O) groups is 1. The Morgan fingerprint density at radius 3 is 2.27 bits per heavy atom. The Labute approximate surface area is 197 Å². The van der Waals surface area contributed by atoms with Gasteiger partial charge in [0.2, 0.25) is 5.91 Å². The van der Waals surface area contributed by atoms with Crippen molar-refractivity contribution < 1.29 is 19.4 Å². The van der Waals surface area contributed by atoms with Crippen LogP contribution in [0.1, 0.15) is 49.3 Å². The predicted molar refractivity (Wildman–Crippen MR) is 132 cm³/mol. The number of aliphatic hydroxyl groups is 1. The first-order valence-electron chi connectivity index (χ1n) is 11.8. The number of methoxy groups -OCH3 is 2. The van der Waals surface area contributed by atoms with Gasteiger partial charge in [-0.15, -0.1) is 0 Å². The average Bonchev–Trinajstić information content (AvgIpc) is 2.95. The van der Waals surface area contributed by atoms with Crippen LogP contribution in [-0.4, -0.2) is 55.9 Å². The zero-order valence-corrected chi connectivity index (χ0v) is 20.4. The summed E-state index contributed by atoms with van der Waals surface area (Å²) in [6.07, 6.45) is 5.94. The number of likely N-dealkylation sites (N-methyl/N-ethyl adjacent to an activating group) is 1. The van der Waals surface area contributed by atoms with Gasteiger partial charge in [-0.25, -0.2) is 0 Å². The fourth-order valence-electron chi connectivity index (χ4n) is 4.66. The van der Waals surface area contributed by atoms with Crippen LogP contribution in [0.25, 0.3) is 0 Å². The first kappa shape index (κ1) is 25.1. The SMILES string of the molecule is COc1cc2c(cc1OC)CCC(O)(CCCN(C)CCc1cccc(NC(C)=O)c1)CC2. The fourth-order valence-corrected chi connectivity index (χ4v) is 4.66. The molecule has 0 fully saturated rings. The van der Waals surface area contributed by atoms with Gasteiger partial charge >= 0.3 is 0 Å². The lowest BCUT2D eigenvalue weighted by Gasteiger charge is -2.27. The van der Waals surface area contributed by atoms with Crippen molar-refractivity contribution in [1.82, 2.24) is 4.90 Å². The number of amides is 1. The standard InChI is InChI=1S/C27H38N2O4/c1-20(30)28-24-8-5-7-21(17-24)11-16-29(2)15-6-12-27(31)13-9-22-18-25(32-3)26(33-4)19-23(22)10-14-27/h5,7-8,17-19,31H,6,9-16H2,1-4H3,(H,28,30). The summed E-state index contributed by atoms with van der Waals surface area (Å²) in [7, 11) is 5.45. The molecule has 2 aromatic carbocycles. The van der Waals surface area contributed by atoms with Gasteiger partial charge in [-0.2, -0.15) is 0 Å². The van der Waals surface area contributed by atoms with Gasteiger partial charge in [0, 0.05) is 19.2 Å². The topological polar surface area (TPSA) is 71.0 Å². The molecule has 0 saturated heterocycles. The highest BCUT2D eigenvalue weighted by Gasteiger charge is 2.30. The van der Waals surface area contributed by atoms with Crippen LogP contribution in [-0.2, 0) is 24.1 Å². The lowest BCUT2D eigenvalue weighted by Crippen LogP contribution is -2.31. The molecule has 0 radical (unpaired) electrons. The van der Waals surface area contributed by atoms with Crippen molar-refractivity contribution in [3.05, 3.63) is 53.1 Å². The highest BCUT2D eigenvalue weighted by molar-refractivity contribution is 5.88. The first-order valence-corrected chi connectivity index (χ1v) is 11.8. The molecule has 1 amide bonds. The van der Waals surface area contributed by atoms with Crippen LogP contribution < -0.4 is 14.8 Å². The van der Waals surface area contributed by atoms with Crippen molar-refractivity contribution >= 4 is 11.6 Å². The second-order valence-corrected chi connectivity index (χ2v) is 9.24. The highest BCUT2D eigenvalue weighted by atomic mass is 16.5. The van der Waals surface area contributed by atoms with E-state index in [0.29, 0.717) is 0 Å². The van der Waals surface area contributed by atoms with E-state index < -0.39 is 5.60 Å². The maximum Gasteiger partial charge on any atom is 0.221 e. The van der Waals surface area contributed by atoms with Gasteiger partial charge in [0.05, 0.1) is 19.8 Å². The van der Waals surface area contributed by atoms with Crippen LogP contribution in [0.2, 0.25) is 0 Å². The number of nitrogens with zero attached hydrogens (tertiary/aromatic N) is 1. The number of fused-ring (bicyclic) bond motifs is 1. The second-order valence-electron chi connectivity index (χ2n) is 9.24. The summed E-state index contributed by atoms with van der Waals surface area (Å²) in [5.41, 5.74) is 3.92. The Morgan fingerprint density at radius 2 is 1.70 bits per heavy atom. The molecule has 6 nitrogen and oxygen atoms in total. The van der Waals surface area contributed by atoms with Crippen LogP contribution in [0.3, 0.4) is 0 Å². The smallest absolute Gasteiger partial charge is 0.221 e. The van der Waals surface area contributed by atoms with Gasteiger partial charge in [0.15, 0.2) is 11.5 Å². The van der Waals surface area contributed by atoms with Crippen molar-refractivity contribution in [2.45, 2.75) is 57.5 Å². The number of benzene rings is 2. The second kappa shape index (κ2) is 11.5. The van der Waals surface area contributed by atoms with Crippen molar-refractivity contribution in [1.29, 1.82) is 0 Å². The summed E-state index contributed by atoms with van der Waals surface area (Å²) in [5, 5.41) is 14.1. The average molecular weight is 455 g/mol. The van der Waals surface area contributed by atoms with Crippen LogP contribution in [0.4, 0.5) is 5.69 Å². The molecule has 3 rings (SSSR count). The number of nitrogens with one attached hydrogen (secondary N) is 1. The summed E-state index contributed by atoms with van der Waals surface area (Å²) < 4.78 is 10.9. The number of hydrogen-bond donors (Lipinski definition) is 2. The molecular weight excluding hydrogens is 416 g/mol. The van der Waals surface area contributed by atoms with Gasteiger partial charge in [0.25, 0.3) is 0 Å². The van der Waals surface area contributed by atoms with E-state index in [9.17, 15) is 9.90 Å². The minimum Gasteiger partial charge on any atom is -0.493 e. The Balaban J connectivity index is 1.46. The Hall–Kier alpha value is -2.57. The molecule has 0 aromatic heterocycles. The predicted octanol–water partition coefficient (Wildman–Crippen LogP) is 4.23. The molecule has 1 aliphatic rings. The first-order chi connectivity index (χ1) is 15.8. The van der Waals surface area contributed by atoms with Crippen molar-refractivity contribution in [3.8, 4) is 11.5 Å². The zero-order valence-electron chi connectivity index (χ0n) is 20.4. The van der Waals surface area contributed by atoms with Crippen LogP contribution >= 0.6 is 0 Å². The molecule has 0 heterocycles. The van der Waals surface area contributed by atoms with E-state index in [2.05, 4.69) is 35.5 Å². The molecule has 0 spiro atoms. The van der Waals surface area contributed by atoms with E-state index >= 15 is 0 Å². The third-order valence-electron chi connectivity index (χ3n) is 6.64. The number of ether oxygens (including phenoxy) is 2. The van der Waals surface area contributed by atoms with Crippen molar-refractivity contribution in [2.75, 3.05) is 39.7 Å². The Bertz CT molecular complexity index is 909. The van der Waals surface area contributed by atoms with E-state index in [1.807, 2.05) is 18.2 Å². The lowest BCUT2D eigenvalue weighted by molar-refractivity contribution is -0.114. The fraction of sp³-hybridized carbons (Fsp3) is 0.519. The van der Waals surface area contributed by atoms with E-state index in [1.165, 1.54) is 23.6 Å². The normalized spacial score (nSPS) is 15.0. The molecular formula is C27H38N2O4. The summed E-state index contributed by atoms with van der Waals surface area (Å²) in [5.74, 6) is 1.46. The van der Waals surface area contributed by atoms with E-state index in [4.69, 9.17) is 9.47 Å².